The molecule has 0 spiro atoms. The fraction of sp³-hybridized carbons (Fsp3) is 0.464. The lowest BCUT2D eigenvalue weighted by Gasteiger charge is -2.37. The van der Waals surface area contributed by atoms with E-state index in [1.165, 1.54) is 6.20 Å². The molecule has 0 aliphatic carbocycles. The van der Waals surface area contributed by atoms with Gasteiger partial charge in [0.25, 0.3) is 6.43 Å². The highest BCUT2D eigenvalue weighted by Crippen LogP contribution is 2.40. The summed E-state index contributed by atoms with van der Waals surface area (Å²) in [6.45, 7) is 5.44. The molecule has 3 N–H and O–H groups in total. The molecule has 1 aromatic carbocycles. The van der Waals surface area contributed by atoms with Gasteiger partial charge in [-0.15, -0.1) is 0 Å². The van der Waals surface area contributed by atoms with Gasteiger partial charge in [0, 0.05) is 60.5 Å². The minimum Gasteiger partial charge on any atom is -0.474 e. The smallest absolute Gasteiger partial charge is 0.474 e. The maximum atomic E-state index is 15.5. The lowest BCUT2D eigenvalue weighted by Crippen LogP contribution is -2.52. The van der Waals surface area contributed by atoms with Crippen LogP contribution in [-0.4, -0.2) is 80.4 Å². The molecule has 4 heterocycles. The topological polar surface area (TPSA) is 103 Å². The van der Waals surface area contributed by atoms with Crippen molar-refractivity contribution < 1.29 is 27.4 Å². The average molecular weight is 560 g/mol. The number of hydrogen-bond acceptors (Lipinski definition) is 8. The first-order valence-electron chi connectivity index (χ1n) is 13.3. The third-order valence-corrected chi connectivity index (χ3v) is 7.81. The third-order valence-electron chi connectivity index (χ3n) is 7.81. The largest absolute Gasteiger partial charge is 0.522 e. The van der Waals surface area contributed by atoms with Gasteiger partial charge in [0.15, 0.2) is 5.82 Å². The van der Waals surface area contributed by atoms with Crippen LogP contribution in [0.4, 0.5) is 35.2 Å². The Morgan fingerprint density at radius 1 is 1.27 bits per heavy atom. The van der Waals surface area contributed by atoms with Gasteiger partial charge in [-0.2, -0.15) is 9.28 Å². The highest BCUT2D eigenvalue weighted by Gasteiger charge is 2.38. The van der Waals surface area contributed by atoms with E-state index >= 15 is 4.39 Å². The fourth-order valence-corrected chi connectivity index (χ4v) is 5.38. The van der Waals surface area contributed by atoms with Gasteiger partial charge in [-0.25, -0.2) is 23.1 Å². The van der Waals surface area contributed by atoms with Crippen molar-refractivity contribution in [2.75, 3.05) is 57.9 Å². The number of carbonyl (C=O) groups excluding carboxylic acids is 1. The number of nitrogen functional groups attached to an aromatic ring is 1. The number of ether oxygens (including phenoxy) is 2. The van der Waals surface area contributed by atoms with Gasteiger partial charge in [-0.3, -0.25) is 4.90 Å². The number of piperidine rings is 1. The Morgan fingerprint density at radius 2 is 2.05 bits per heavy atom. The van der Waals surface area contributed by atoms with Gasteiger partial charge in [0.05, 0.1) is 26.3 Å². The van der Waals surface area contributed by atoms with Gasteiger partial charge in [-0.05, 0) is 30.4 Å². The number of quaternary nitrogens is 1. The summed E-state index contributed by atoms with van der Waals surface area (Å²) < 4.78 is 52.2. The minimum atomic E-state index is -2.40. The number of nitrogens with two attached hydrogens (primary N) is 1. The number of hydrogen-bond donors (Lipinski definition) is 2. The molecule has 12 heteroatoms. The van der Waals surface area contributed by atoms with Gasteiger partial charge >= 0.3 is 6.09 Å². The van der Waals surface area contributed by atoms with Crippen molar-refractivity contribution in [2.24, 2.45) is 5.92 Å². The highest BCUT2D eigenvalue weighted by atomic mass is 19.3. The zero-order chi connectivity index (χ0) is 28.8. The molecule has 1 fully saturated rings. The average Bonchev–Trinajstić information content (AvgIpc) is 2.92. The van der Waals surface area contributed by atoms with Gasteiger partial charge in [0.2, 0.25) is 11.7 Å². The molecule has 2 atom stereocenters. The van der Waals surface area contributed by atoms with E-state index in [0.717, 1.165) is 5.56 Å². The maximum absolute atomic E-state index is 15.5. The van der Waals surface area contributed by atoms with Crippen molar-refractivity contribution in [2.45, 2.75) is 32.8 Å². The summed E-state index contributed by atoms with van der Waals surface area (Å²) in [7, 11) is 3.31. The number of alkyl halides is 2. The van der Waals surface area contributed by atoms with Crippen molar-refractivity contribution in [1.29, 1.82) is 0 Å². The summed E-state index contributed by atoms with van der Waals surface area (Å²) in [5, 5.41) is 4.28. The molecular weight excluding hydrogens is 525 g/mol. The van der Waals surface area contributed by atoms with Crippen LogP contribution in [0.25, 0.3) is 21.9 Å². The summed E-state index contributed by atoms with van der Waals surface area (Å²) >= 11 is 0. The monoisotopic (exact) mass is 559 g/mol. The second-order valence-corrected chi connectivity index (χ2v) is 11.0. The minimum absolute atomic E-state index is 0.0508. The maximum Gasteiger partial charge on any atom is 0.522 e. The van der Waals surface area contributed by atoms with E-state index in [4.69, 9.17) is 15.2 Å². The van der Waals surface area contributed by atoms with E-state index in [2.05, 4.69) is 15.3 Å². The molecule has 9 nitrogen and oxygen atoms in total. The van der Waals surface area contributed by atoms with Gasteiger partial charge in [0.1, 0.15) is 18.4 Å². The predicted molar refractivity (Wildman–Crippen MR) is 148 cm³/mol. The summed E-state index contributed by atoms with van der Waals surface area (Å²) in [5.41, 5.74) is 8.51. The Morgan fingerprint density at radius 3 is 2.77 bits per heavy atom. The molecule has 2 aromatic heterocycles. The van der Waals surface area contributed by atoms with E-state index in [1.54, 1.807) is 37.3 Å². The quantitative estimate of drug-likeness (QED) is 0.339. The van der Waals surface area contributed by atoms with Crippen molar-refractivity contribution in [3.05, 3.63) is 35.9 Å². The van der Waals surface area contributed by atoms with Crippen LogP contribution in [-0.2, 0) is 4.74 Å². The molecule has 2 aliphatic rings. The molecule has 5 rings (SSSR count). The Bertz CT molecular complexity index is 1450. The van der Waals surface area contributed by atoms with Crippen molar-refractivity contribution >= 4 is 34.1 Å². The number of pyridine rings is 2. The van der Waals surface area contributed by atoms with Crippen LogP contribution in [0.5, 0.6) is 5.88 Å². The van der Waals surface area contributed by atoms with Crippen molar-refractivity contribution in [1.82, 2.24) is 19.4 Å². The first-order valence-corrected chi connectivity index (χ1v) is 13.3. The zero-order valence-electron chi connectivity index (χ0n) is 23.0. The first-order chi connectivity index (χ1) is 19.0. The Hall–Kier alpha value is -3.64. The van der Waals surface area contributed by atoms with Gasteiger partial charge < -0.3 is 20.5 Å². The zero-order valence-corrected chi connectivity index (χ0v) is 23.0. The summed E-state index contributed by atoms with van der Waals surface area (Å²) in [6, 6.07) is 3.38. The summed E-state index contributed by atoms with van der Waals surface area (Å²) in [5.74, 6) is 0.177. The van der Waals surface area contributed by atoms with Crippen LogP contribution >= 0.6 is 0 Å². The summed E-state index contributed by atoms with van der Waals surface area (Å²) in [6.07, 6.45) is 0.173. The van der Waals surface area contributed by atoms with E-state index in [9.17, 15) is 13.6 Å². The van der Waals surface area contributed by atoms with E-state index in [-0.39, 0.29) is 28.2 Å². The number of fused-ring (bicyclic) bond motifs is 2. The van der Waals surface area contributed by atoms with Crippen LogP contribution in [0.2, 0.25) is 0 Å². The number of halogens is 3. The molecule has 40 heavy (non-hydrogen) atoms. The third kappa shape index (κ3) is 5.13. The number of aromatic nitrogens is 2. The number of benzene rings is 1. The normalized spacial score (nSPS) is 19.7. The highest BCUT2D eigenvalue weighted by molar-refractivity contribution is 5.99. The Kier molecular flexibility index (Phi) is 7.49. The molecular formula is C28H34F3N6O3+. The lowest BCUT2D eigenvalue weighted by atomic mass is 9.96. The molecule has 3 aromatic rings. The number of likely N-dealkylation sites (tertiary alicyclic amines) is 1. The summed E-state index contributed by atoms with van der Waals surface area (Å²) in [4.78, 5) is 23.8. The van der Waals surface area contributed by atoms with Crippen LogP contribution in [0.15, 0.2) is 24.5 Å². The van der Waals surface area contributed by atoms with E-state index < -0.39 is 24.4 Å². The molecule has 214 valence electrons. The van der Waals surface area contributed by atoms with E-state index in [0.29, 0.717) is 66.4 Å². The SMILES string of the molecule is Cc1c(-c2cc3cc([N+](C)(C)C(=O)O[C@@H]4CCN(CC(F)F)C[C@@H]4C)ncc3c(N)c2F)cnc2c1NCCO2. The van der Waals surface area contributed by atoms with Crippen molar-refractivity contribution in [3.8, 4) is 17.0 Å². The number of nitrogens with zero attached hydrogens (tertiary/aromatic N) is 4. The molecule has 0 unspecified atom stereocenters. The molecule has 0 radical (unpaired) electrons. The number of carbonyl (C=O) groups is 1. The number of nitrogens with one attached hydrogen (secondary N) is 1. The second kappa shape index (κ2) is 10.7. The van der Waals surface area contributed by atoms with Crippen LogP contribution in [0.1, 0.15) is 18.9 Å². The number of rotatable bonds is 5. The fourth-order valence-electron chi connectivity index (χ4n) is 5.38. The Balaban J connectivity index is 1.43. The Labute approximate surface area is 230 Å². The molecule has 1 amide bonds. The standard InChI is InChI=1S/C28H34F3N6O3/c1-15-13-36(14-22(29)30)7-5-21(15)40-28(38)37(3,4)23-10-17-9-18(24(31)25(32)20(17)12-34-23)19-11-35-27-26(16(19)2)33-6-8-39-27/h9-12,15,21-22,33H,5-8,13-14,32H2,1-4H3/q+1/t15-,21+/m0/s1. The number of amides is 1. The lowest BCUT2D eigenvalue weighted by molar-refractivity contribution is -0.0114. The number of anilines is 2. The van der Waals surface area contributed by atoms with Gasteiger partial charge in [-0.1, -0.05) is 6.92 Å². The van der Waals surface area contributed by atoms with Crippen molar-refractivity contribution in [3.63, 3.8) is 0 Å². The van der Waals surface area contributed by atoms with Crippen LogP contribution in [0.3, 0.4) is 0 Å². The predicted octanol–water partition coefficient (Wildman–Crippen LogP) is 4.81. The molecule has 1 saturated heterocycles. The second-order valence-electron chi connectivity index (χ2n) is 11.0. The molecule has 2 aliphatic heterocycles. The van der Waals surface area contributed by atoms with E-state index in [1.807, 2.05) is 13.8 Å². The first kappa shape index (κ1) is 27.9. The van der Waals surface area contributed by atoms with Crippen LogP contribution in [0, 0.1) is 18.7 Å². The molecule has 0 saturated carbocycles. The molecule has 0 bridgehead atoms. The van der Waals surface area contributed by atoms with Crippen LogP contribution < -0.4 is 20.3 Å².